The standard InChI is InChI=1S/C31H43NO8/c1-31(2,3)40-29(33)13-15-35-17-19-37-21-22-38-20-18-36-16-14-32(4)30(34)39-23-28-26-11-7-5-9-24(26)25-10-6-8-12-27(25)28/h5-12,28H,13-23H2,1-4H3. The highest BCUT2D eigenvalue weighted by atomic mass is 16.6. The molecule has 1 amide bonds. The van der Waals surface area contributed by atoms with Crippen LogP contribution in [-0.2, 0) is 33.2 Å². The summed E-state index contributed by atoms with van der Waals surface area (Å²) in [6, 6.07) is 16.5. The highest BCUT2D eigenvalue weighted by Crippen LogP contribution is 2.44. The summed E-state index contributed by atoms with van der Waals surface area (Å²) < 4.78 is 32.7. The molecule has 9 heteroatoms. The average Bonchev–Trinajstić information content (AvgIpc) is 3.24. The molecule has 9 nitrogen and oxygen atoms in total. The van der Waals surface area contributed by atoms with Gasteiger partial charge in [-0.15, -0.1) is 0 Å². The van der Waals surface area contributed by atoms with Crippen LogP contribution in [0.25, 0.3) is 11.1 Å². The van der Waals surface area contributed by atoms with E-state index in [-0.39, 0.29) is 24.4 Å². The van der Waals surface area contributed by atoms with Crippen molar-refractivity contribution in [3.63, 3.8) is 0 Å². The van der Waals surface area contributed by atoms with E-state index in [4.69, 9.17) is 28.4 Å². The Bertz CT molecular complexity index is 1020. The van der Waals surface area contributed by atoms with Crippen LogP contribution < -0.4 is 0 Å². The van der Waals surface area contributed by atoms with E-state index in [1.54, 1.807) is 7.05 Å². The zero-order chi connectivity index (χ0) is 28.8. The highest BCUT2D eigenvalue weighted by Gasteiger charge is 2.29. The normalized spacial score (nSPS) is 12.6. The van der Waals surface area contributed by atoms with Gasteiger partial charge < -0.3 is 33.3 Å². The zero-order valence-electron chi connectivity index (χ0n) is 24.2. The number of nitrogens with zero attached hydrogens (tertiary/aromatic N) is 1. The molecule has 0 bridgehead atoms. The third kappa shape index (κ3) is 10.5. The summed E-state index contributed by atoms with van der Waals surface area (Å²) in [5.41, 5.74) is 4.31. The van der Waals surface area contributed by atoms with Crippen molar-refractivity contribution in [1.29, 1.82) is 0 Å². The average molecular weight is 558 g/mol. The molecule has 0 unspecified atom stereocenters. The van der Waals surface area contributed by atoms with Crippen LogP contribution in [0.5, 0.6) is 0 Å². The maximum absolute atomic E-state index is 12.5. The molecule has 0 radical (unpaired) electrons. The van der Waals surface area contributed by atoms with Crippen molar-refractivity contribution < 1.29 is 38.0 Å². The van der Waals surface area contributed by atoms with Gasteiger partial charge in [0.2, 0.25) is 0 Å². The van der Waals surface area contributed by atoms with Gasteiger partial charge in [-0.3, -0.25) is 4.79 Å². The maximum Gasteiger partial charge on any atom is 0.409 e. The second-order valence-corrected chi connectivity index (χ2v) is 10.5. The van der Waals surface area contributed by atoms with Crippen LogP contribution in [-0.4, -0.2) is 95.6 Å². The Morgan fingerprint density at radius 1 is 0.725 bits per heavy atom. The summed E-state index contributed by atoms with van der Waals surface area (Å²) in [7, 11) is 1.71. The molecule has 0 spiro atoms. The number of hydrogen-bond donors (Lipinski definition) is 0. The molecule has 0 fully saturated rings. The molecule has 2 aromatic carbocycles. The smallest absolute Gasteiger partial charge is 0.409 e. The van der Waals surface area contributed by atoms with Crippen molar-refractivity contribution in [1.82, 2.24) is 4.90 Å². The molecule has 0 saturated carbocycles. The molecule has 0 atom stereocenters. The lowest BCUT2D eigenvalue weighted by Gasteiger charge is -2.19. The minimum atomic E-state index is -0.479. The van der Waals surface area contributed by atoms with Gasteiger partial charge >= 0.3 is 12.1 Å². The summed E-state index contributed by atoms with van der Waals surface area (Å²) in [5.74, 6) is -0.230. The van der Waals surface area contributed by atoms with Gasteiger partial charge in [0, 0.05) is 19.5 Å². The van der Waals surface area contributed by atoms with Gasteiger partial charge in [0.15, 0.2) is 0 Å². The third-order valence-electron chi connectivity index (χ3n) is 6.21. The van der Waals surface area contributed by atoms with Crippen molar-refractivity contribution >= 4 is 12.1 Å². The first kappa shape index (κ1) is 31.5. The molecule has 0 heterocycles. The van der Waals surface area contributed by atoms with Gasteiger partial charge in [0.05, 0.1) is 59.3 Å². The fraction of sp³-hybridized carbons (Fsp3) is 0.548. The molecule has 1 aliphatic carbocycles. The first-order valence-electron chi connectivity index (χ1n) is 13.8. The summed E-state index contributed by atoms with van der Waals surface area (Å²) in [4.78, 5) is 25.6. The molecular weight excluding hydrogens is 514 g/mol. The van der Waals surface area contributed by atoms with E-state index in [0.29, 0.717) is 66.0 Å². The number of fused-ring (bicyclic) bond motifs is 3. The Labute approximate surface area is 237 Å². The number of esters is 1. The molecular formula is C31H43NO8. The highest BCUT2D eigenvalue weighted by molar-refractivity contribution is 5.79. The minimum absolute atomic E-state index is 0.0406. The van der Waals surface area contributed by atoms with Crippen LogP contribution >= 0.6 is 0 Å². The Morgan fingerprint density at radius 3 is 1.73 bits per heavy atom. The lowest BCUT2D eigenvalue weighted by molar-refractivity contribution is -0.156. The summed E-state index contributed by atoms with van der Waals surface area (Å²) in [6.45, 7) is 9.51. The van der Waals surface area contributed by atoms with Crippen molar-refractivity contribution in [3.8, 4) is 11.1 Å². The Balaban J connectivity index is 1.16. The number of amides is 1. The monoisotopic (exact) mass is 557 g/mol. The lowest BCUT2D eigenvalue weighted by atomic mass is 9.98. The van der Waals surface area contributed by atoms with E-state index >= 15 is 0 Å². The van der Waals surface area contributed by atoms with Crippen LogP contribution in [0.1, 0.15) is 44.2 Å². The molecule has 0 saturated heterocycles. The molecule has 1 aliphatic rings. The number of likely N-dealkylation sites (N-methyl/N-ethyl adjacent to an activating group) is 1. The van der Waals surface area contributed by atoms with E-state index in [2.05, 4.69) is 24.3 Å². The predicted molar refractivity (Wildman–Crippen MR) is 151 cm³/mol. The first-order chi connectivity index (χ1) is 19.3. The number of carbonyl (C=O) groups excluding carboxylic acids is 2. The van der Waals surface area contributed by atoms with E-state index in [9.17, 15) is 9.59 Å². The van der Waals surface area contributed by atoms with E-state index < -0.39 is 5.60 Å². The molecule has 40 heavy (non-hydrogen) atoms. The van der Waals surface area contributed by atoms with E-state index in [1.807, 2.05) is 45.0 Å². The van der Waals surface area contributed by atoms with Gasteiger partial charge in [0.25, 0.3) is 0 Å². The molecule has 0 aromatic heterocycles. The number of carbonyl (C=O) groups is 2. The fourth-order valence-electron chi connectivity index (χ4n) is 4.31. The van der Waals surface area contributed by atoms with E-state index in [1.165, 1.54) is 27.2 Å². The van der Waals surface area contributed by atoms with Crippen LogP contribution in [0.2, 0.25) is 0 Å². The fourth-order valence-corrected chi connectivity index (χ4v) is 4.31. The third-order valence-corrected chi connectivity index (χ3v) is 6.21. The Morgan fingerprint density at radius 2 is 1.20 bits per heavy atom. The van der Waals surface area contributed by atoms with Crippen LogP contribution in [0.4, 0.5) is 4.79 Å². The second-order valence-electron chi connectivity index (χ2n) is 10.5. The number of hydrogen-bond acceptors (Lipinski definition) is 8. The number of ether oxygens (including phenoxy) is 6. The maximum atomic E-state index is 12.5. The largest absolute Gasteiger partial charge is 0.460 e. The number of rotatable bonds is 17. The van der Waals surface area contributed by atoms with Gasteiger partial charge in [0.1, 0.15) is 12.2 Å². The van der Waals surface area contributed by atoms with Crippen LogP contribution in [0, 0.1) is 0 Å². The summed E-state index contributed by atoms with van der Waals surface area (Å²) in [6.07, 6.45) is -0.144. The topological polar surface area (TPSA) is 92.8 Å². The summed E-state index contributed by atoms with van der Waals surface area (Å²) in [5, 5.41) is 0. The summed E-state index contributed by atoms with van der Waals surface area (Å²) >= 11 is 0. The van der Waals surface area contributed by atoms with Crippen molar-refractivity contribution in [2.75, 3.05) is 73.1 Å². The lowest BCUT2D eigenvalue weighted by Crippen LogP contribution is -2.32. The zero-order valence-corrected chi connectivity index (χ0v) is 24.2. The molecule has 2 aromatic rings. The minimum Gasteiger partial charge on any atom is -0.460 e. The quantitative estimate of drug-likeness (QED) is 0.205. The van der Waals surface area contributed by atoms with E-state index in [0.717, 1.165) is 0 Å². The Kier molecular flexibility index (Phi) is 12.9. The van der Waals surface area contributed by atoms with Gasteiger partial charge in [-0.05, 0) is 43.0 Å². The van der Waals surface area contributed by atoms with Gasteiger partial charge in [-0.2, -0.15) is 0 Å². The van der Waals surface area contributed by atoms with Crippen molar-refractivity contribution in [2.45, 2.75) is 38.7 Å². The second kappa shape index (κ2) is 16.3. The van der Waals surface area contributed by atoms with Gasteiger partial charge in [-0.1, -0.05) is 48.5 Å². The molecule has 0 aliphatic heterocycles. The van der Waals surface area contributed by atoms with Gasteiger partial charge in [-0.25, -0.2) is 4.79 Å². The van der Waals surface area contributed by atoms with Crippen molar-refractivity contribution in [3.05, 3.63) is 59.7 Å². The first-order valence-corrected chi connectivity index (χ1v) is 13.8. The van der Waals surface area contributed by atoms with Crippen molar-refractivity contribution in [2.24, 2.45) is 0 Å². The SMILES string of the molecule is CN(CCOCCOCCOCCOCCC(=O)OC(C)(C)C)C(=O)OCC1c2ccccc2-c2ccccc21. The van der Waals surface area contributed by atoms with Crippen LogP contribution in [0.15, 0.2) is 48.5 Å². The predicted octanol–water partition coefficient (Wildman–Crippen LogP) is 4.67. The van der Waals surface area contributed by atoms with Crippen LogP contribution in [0.3, 0.4) is 0 Å². The number of benzene rings is 2. The molecule has 3 rings (SSSR count). The molecule has 0 N–H and O–H groups in total. The molecule has 220 valence electrons. The Hall–Kier alpha value is -2.98.